The number of sulfonamides is 1. The molecule has 11 heteroatoms. The number of alkyl halides is 3. The lowest BCUT2D eigenvalue weighted by Crippen LogP contribution is -2.36. The average molecular weight is 382 g/mol. The summed E-state index contributed by atoms with van der Waals surface area (Å²) in [4.78, 5) is 11.9. The highest BCUT2D eigenvalue weighted by Gasteiger charge is 2.39. The Morgan fingerprint density at radius 2 is 1.96 bits per heavy atom. The maximum atomic E-state index is 13.1. The molecule has 7 nitrogen and oxygen atoms in total. The van der Waals surface area contributed by atoms with Crippen LogP contribution in [-0.4, -0.2) is 42.9 Å². The molecule has 1 aromatic heterocycles. The van der Waals surface area contributed by atoms with Gasteiger partial charge in [0, 0.05) is 24.3 Å². The van der Waals surface area contributed by atoms with Crippen LogP contribution in [0.1, 0.15) is 36.7 Å². The molecule has 2 N–H and O–H groups in total. The molecule has 0 saturated heterocycles. The second kappa shape index (κ2) is 7.73. The molecule has 1 aromatic rings. The number of hydrogen-bond acceptors (Lipinski definition) is 4. The van der Waals surface area contributed by atoms with Crippen LogP contribution in [0.5, 0.6) is 0 Å². The van der Waals surface area contributed by atoms with Crippen molar-refractivity contribution in [3.8, 4) is 0 Å². The standard InChI is InChI=1S/C14H21F3N4O3S/c1-2-19-25(23,24)8-7-18-12(22)9-21-11-6-4-3-5-10(11)13(20-21)14(15,16)17/h19H,2-9H2,1H3,(H,18,22). The molecule has 1 aliphatic carbocycles. The van der Waals surface area contributed by atoms with Crippen molar-refractivity contribution in [3.63, 3.8) is 0 Å². The lowest BCUT2D eigenvalue weighted by atomic mass is 9.95. The largest absolute Gasteiger partial charge is 0.435 e. The molecular formula is C14H21F3N4O3S. The van der Waals surface area contributed by atoms with Crippen LogP contribution in [0.15, 0.2) is 0 Å². The molecule has 1 heterocycles. The number of halogens is 3. The van der Waals surface area contributed by atoms with E-state index in [2.05, 4.69) is 15.1 Å². The Balaban J connectivity index is 2.03. The van der Waals surface area contributed by atoms with E-state index in [-0.39, 0.29) is 31.0 Å². The Morgan fingerprint density at radius 3 is 2.60 bits per heavy atom. The summed E-state index contributed by atoms with van der Waals surface area (Å²) in [5.74, 6) is -0.867. The van der Waals surface area contributed by atoms with Crippen LogP contribution >= 0.6 is 0 Å². The van der Waals surface area contributed by atoms with Crippen LogP contribution in [0.4, 0.5) is 13.2 Å². The minimum Gasteiger partial charge on any atom is -0.353 e. The normalized spacial score (nSPS) is 15.0. The molecular weight excluding hydrogens is 361 g/mol. The van der Waals surface area contributed by atoms with Gasteiger partial charge in [0.2, 0.25) is 15.9 Å². The number of nitrogens with one attached hydrogen (secondary N) is 2. The van der Waals surface area contributed by atoms with E-state index in [4.69, 9.17) is 0 Å². The van der Waals surface area contributed by atoms with E-state index in [1.54, 1.807) is 6.92 Å². The highest BCUT2D eigenvalue weighted by atomic mass is 32.2. The van der Waals surface area contributed by atoms with E-state index in [0.717, 1.165) is 11.1 Å². The maximum absolute atomic E-state index is 13.1. The maximum Gasteiger partial charge on any atom is 0.435 e. The van der Waals surface area contributed by atoms with Crippen LogP contribution in [0.25, 0.3) is 0 Å². The Bertz CT molecular complexity index is 728. The third-order valence-electron chi connectivity index (χ3n) is 3.88. The summed E-state index contributed by atoms with van der Waals surface area (Å²) in [5.41, 5.74) is -0.319. The van der Waals surface area contributed by atoms with E-state index in [1.165, 1.54) is 0 Å². The molecule has 0 spiro atoms. The quantitative estimate of drug-likeness (QED) is 0.731. The van der Waals surface area contributed by atoms with Crippen LogP contribution in [0, 0.1) is 0 Å². The summed E-state index contributed by atoms with van der Waals surface area (Å²) < 4.78 is 65.6. The van der Waals surface area contributed by atoms with E-state index in [9.17, 15) is 26.4 Å². The molecule has 0 bridgehead atoms. The molecule has 0 aliphatic heterocycles. The number of fused-ring (bicyclic) bond motifs is 1. The van der Waals surface area contributed by atoms with E-state index in [1.807, 2.05) is 0 Å². The second-order valence-corrected chi connectivity index (χ2v) is 7.73. The van der Waals surface area contributed by atoms with Gasteiger partial charge < -0.3 is 5.32 Å². The van der Waals surface area contributed by atoms with Gasteiger partial charge in [-0.25, -0.2) is 13.1 Å². The summed E-state index contributed by atoms with van der Waals surface area (Å²) in [7, 11) is -3.47. The van der Waals surface area contributed by atoms with Crippen molar-refractivity contribution < 1.29 is 26.4 Å². The predicted molar refractivity (Wildman–Crippen MR) is 84.3 cm³/mol. The number of carbonyl (C=O) groups is 1. The number of aromatic nitrogens is 2. The molecule has 0 atom stereocenters. The third kappa shape index (κ3) is 5.18. The fraction of sp³-hybridized carbons (Fsp3) is 0.714. The fourth-order valence-corrected chi connectivity index (χ4v) is 3.79. The van der Waals surface area contributed by atoms with Gasteiger partial charge in [-0.2, -0.15) is 18.3 Å². The third-order valence-corrected chi connectivity index (χ3v) is 5.35. The number of hydrogen-bond donors (Lipinski definition) is 2. The van der Waals surface area contributed by atoms with Gasteiger partial charge >= 0.3 is 6.18 Å². The van der Waals surface area contributed by atoms with Crippen molar-refractivity contribution in [2.45, 2.75) is 45.3 Å². The highest BCUT2D eigenvalue weighted by molar-refractivity contribution is 7.89. The van der Waals surface area contributed by atoms with Gasteiger partial charge in [0.25, 0.3) is 0 Å². The van der Waals surface area contributed by atoms with E-state index in [0.29, 0.717) is 25.0 Å². The second-order valence-electron chi connectivity index (χ2n) is 5.80. The first-order valence-corrected chi connectivity index (χ1v) is 9.69. The van der Waals surface area contributed by atoms with Crippen molar-refractivity contribution >= 4 is 15.9 Å². The number of nitrogens with zero attached hydrogens (tertiary/aromatic N) is 2. The van der Waals surface area contributed by atoms with E-state index >= 15 is 0 Å². The zero-order chi connectivity index (χ0) is 18.7. The molecule has 0 unspecified atom stereocenters. The topological polar surface area (TPSA) is 93.1 Å². The zero-order valence-electron chi connectivity index (χ0n) is 13.8. The van der Waals surface area contributed by atoms with Crippen LogP contribution in [0.2, 0.25) is 0 Å². The predicted octanol–water partition coefficient (Wildman–Crippen LogP) is 0.836. The highest BCUT2D eigenvalue weighted by Crippen LogP contribution is 2.35. The molecule has 25 heavy (non-hydrogen) atoms. The number of rotatable bonds is 7. The monoisotopic (exact) mass is 382 g/mol. The zero-order valence-corrected chi connectivity index (χ0v) is 14.6. The summed E-state index contributed by atoms with van der Waals surface area (Å²) in [6.07, 6.45) is -2.40. The van der Waals surface area contributed by atoms with Gasteiger partial charge in [-0.1, -0.05) is 6.92 Å². The lowest BCUT2D eigenvalue weighted by molar-refractivity contribution is -0.142. The molecule has 142 valence electrons. The first-order chi connectivity index (χ1) is 11.6. The summed E-state index contributed by atoms with van der Waals surface area (Å²) in [6, 6.07) is 0. The lowest BCUT2D eigenvalue weighted by Gasteiger charge is -2.14. The Kier molecular flexibility index (Phi) is 6.09. The Labute approximate surface area is 144 Å². The Hall–Kier alpha value is -1.62. The van der Waals surface area contributed by atoms with Gasteiger partial charge in [-0.15, -0.1) is 0 Å². The first kappa shape index (κ1) is 19.7. The van der Waals surface area contributed by atoms with Gasteiger partial charge in [0.1, 0.15) is 6.54 Å². The van der Waals surface area contributed by atoms with Gasteiger partial charge in [-0.3, -0.25) is 9.48 Å². The van der Waals surface area contributed by atoms with Gasteiger partial charge in [0.05, 0.1) is 5.75 Å². The number of amides is 1. The van der Waals surface area contributed by atoms with E-state index < -0.39 is 27.8 Å². The molecule has 0 aromatic carbocycles. The van der Waals surface area contributed by atoms with Gasteiger partial charge in [0.15, 0.2) is 5.69 Å². The molecule has 0 radical (unpaired) electrons. The molecule has 1 aliphatic rings. The molecule has 1 amide bonds. The van der Waals surface area contributed by atoms with Crippen LogP contribution in [0.3, 0.4) is 0 Å². The Morgan fingerprint density at radius 1 is 1.28 bits per heavy atom. The smallest absolute Gasteiger partial charge is 0.353 e. The fourth-order valence-electron chi connectivity index (χ4n) is 2.84. The minimum atomic E-state index is -4.55. The van der Waals surface area contributed by atoms with Crippen molar-refractivity contribution in [1.29, 1.82) is 0 Å². The first-order valence-electron chi connectivity index (χ1n) is 8.04. The van der Waals surface area contributed by atoms with Crippen LogP contribution in [-0.2, 0) is 40.4 Å². The molecule has 0 fully saturated rings. The van der Waals surface area contributed by atoms with Crippen molar-refractivity contribution in [2.75, 3.05) is 18.8 Å². The SMILES string of the molecule is CCNS(=O)(=O)CCNC(=O)Cn1nc(C(F)(F)F)c2c1CCCC2. The number of carbonyl (C=O) groups excluding carboxylic acids is 1. The summed E-state index contributed by atoms with van der Waals surface area (Å²) in [5, 5.41) is 5.99. The van der Waals surface area contributed by atoms with Crippen molar-refractivity contribution in [3.05, 3.63) is 17.0 Å². The average Bonchev–Trinajstić information content (AvgIpc) is 2.86. The summed E-state index contributed by atoms with van der Waals surface area (Å²) >= 11 is 0. The minimum absolute atomic E-state index is 0.121. The molecule has 0 saturated carbocycles. The van der Waals surface area contributed by atoms with Crippen molar-refractivity contribution in [1.82, 2.24) is 19.8 Å². The van der Waals surface area contributed by atoms with Crippen LogP contribution < -0.4 is 10.0 Å². The van der Waals surface area contributed by atoms with Crippen molar-refractivity contribution in [2.24, 2.45) is 0 Å². The molecule has 2 rings (SSSR count). The van der Waals surface area contributed by atoms with Gasteiger partial charge in [-0.05, 0) is 25.7 Å². The summed E-state index contributed by atoms with van der Waals surface area (Å²) in [6.45, 7) is 1.40.